The van der Waals surface area contributed by atoms with Crippen molar-refractivity contribution in [2.45, 2.75) is 32.7 Å². The highest BCUT2D eigenvalue weighted by atomic mass is 35.5. The van der Waals surface area contributed by atoms with Gasteiger partial charge in [-0.15, -0.1) is 0 Å². The Morgan fingerprint density at radius 2 is 2.00 bits per heavy atom. The molecule has 0 amide bonds. The number of nitrogens with zero attached hydrogens (tertiary/aromatic N) is 2. The minimum Gasteiger partial charge on any atom is -0.346 e. The third kappa shape index (κ3) is 4.09. The molecular formula is C19H28ClN3. The lowest BCUT2D eigenvalue weighted by Crippen LogP contribution is -2.35. The first kappa shape index (κ1) is 16.8. The van der Waals surface area contributed by atoms with Gasteiger partial charge in [0.15, 0.2) is 0 Å². The summed E-state index contributed by atoms with van der Waals surface area (Å²) in [5.41, 5.74) is 2.70. The van der Waals surface area contributed by atoms with Gasteiger partial charge >= 0.3 is 0 Å². The summed E-state index contributed by atoms with van der Waals surface area (Å²) in [6.45, 7) is 8.07. The summed E-state index contributed by atoms with van der Waals surface area (Å²) in [5.74, 6) is 0.897. The molecule has 0 radical (unpaired) electrons. The number of halogens is 1. The molecule has 4 heteroatoms. The van der Waals surface area contributed by atoms with Gasteiger partial charge in [0, 0.05) is 35.2 Å². The standard InChI is InChI=1S/C19H28ClN3/c1-15-6-9-22(10-7-15)11-12-23-14-16(5-8-21-2)18-13-17(20)3-4-19(18)23/h3-4,13-15,21H,5-12H2,1-2H3. The number of benzene rings is 1. The Balaban J connectivity index is 1.74. The van der Waals surface area contributed by atoms with Gasteiger partial charge in [-0.05, 0) is 75.6 Å². The number of nitrogens with one attached hydrogen (secondary N) is 1. The molecule has 0 atom stereocenters. The van der Waals surface area contributed by atoms with Crippen LogP contribution in [0.15, 0.2) is 24.4 Å². The van der Waals surface area contributed by atoms with Gasteiger partial charge in [-0.3, -0.25) is 0 Å². The molecule has 2 heterocycles. The van der Waals surface area contributed by atoms with Crippen molar-refractivity contribution in [1.29, 1.82) is 0 Å². The molecule has 1 saturated heterocycles. The Morgan fingerprint density at radius 1 is 1.22 bits per heavy atom. The fraction of sp³-hybridized carbons (Fsp3) is 0.579. The van der Waals surface area contributed by atoms with Gasteiger partial charge in [-0.25, -0.2) is 0 Å². The van der Waals surface area contributed by atoms with E-state index in [1.807, 2.05) is 13.1 Å². The van der Waals surface area contributed by atoms with Crippen LogP contribution in [0.2, 0.25) is 5.02 Å². The van der Waals surface area contributed by atoms with Crippen LogP contribution in [0, 0.1) is 5.92 Å². The third-order valence-corrected chi connectivity index (χ3v) is 5.34. The molecule has 126 valence electrons. The normalized spacial score (nSPS) is 17.2. The Labute approximate surface area is 144 Å². The van der Waals surface area contributed by atoms with Gasteiger partial charge < -0.3 is 14.8 Å². The van der Waals surface area contributed by atoms with E-state index >= 15 is 0 Å². The zero-order valence-electron chi connectivity index (χ0n) is 14.3. The maximum Gasteiger partial charge on any atom is 0.0484 e. The van der Waals surface area contributed by atoms with Crippen molar-refractivity contribution in [3.8, 4) is 0 Å². The van der Waals surface area contributed by atoms with E-state index in [0.717, 1.165) is 37.0 Å². The number of piperidine rings is 1. The predicted molar refractivity (Wildman–Crippen MR) is 99.4 cm³/mol. The minimum absolute atomic E-state index is 0.825. The Kier molecular flexibility index (Phi) is 5.62. The van der Waals surface area contributed by atoms with Gasteiger partial charge in [-0.2, -0.15) is 0 Å². The average molecular weight is 334 g/mol. The molecule has 1 N–H and O–H groups in total. The SMILES string of the molecule is CNCCc1cn(CCN2CCC(C)CC2)c2ccc(Cl)cc12. The van der Waals surface area contributed by atoms with E-state index in [1.165, 1.54) is 42.4 Å². The summed E-state index contributed by atoms with van der Waals surface area (Å²) in [4.78, 5) is 2.61. The van der Waals surface area contributed by atoms with E-state index in [4.69, 9.17) is 11.6 Å². The quantitative estimate of drug-likeness (QED) is 0.868. The molecule has 0 bridgehead atoms. The summed E-state index contributed by atoms with van der Waals surface area (Å²) < 4.78 is 2.41. The monoisotopic (exact) mass is 333 g/mol. The van der Waals surface area contributed by atoms with Crippen molar-refractivity contribution in [3.63, 3.8) is 0 Å². The summed E-state index contributed by atoms with van der Waals surface area (Å²) in [5, 5.41) is 5.37. The van der Waals surface area contributed by atoms with Crippen LogP contribution in [0.25, 0.3) is 10.9 Å². The molecule has 0 aliphatic carbocycles. The molecule has 1 aliphatic rings. The highest BCUT2D eigenvalue weighted by molar-refractivity contribution is 6.31. The number of hydrogen-bond acceptors (Lipinski definition) is 2. The number of hydrogen-bond donors (Lipinski definition) is 1. The van der Waals surface area contributed by atoms with Crippen molar-refractivity contribution in [3.05, 3.63) is 35.0 Å². The van der Waals surface area contributed by atoms with E-state index in [-0.39, 0.29) is 0 Å². The number of aromatic nitrogens is 1. The van der Waals surface area contributed by atoms with E-state index in [9.17, 15) is 0 Å². The van der Waals surface area contributed by atoms with Crippen molar-refractivity contribution < 1.29 is 0 Å². The Hall–Kier alpha value is -1.03. The molecule has 0 unspecified atom stereocenters. The Bertz CT molecular complexity index is 641. The maximum absolute atomic E-state index is 6.21. The highest BCUT2D eigenvalue weighted by Crippen LogP contribution is 2.25. The molecule has 1 aliphatic heterocycles. The van der Waals surface area contributed by atoms with Gasteiger partial charge in [0.2, 0.25) is 0 Å². The molecule has 0 spiro atoms. The van der Waals surface area contributed by atoms with Crippen molar-refractivity contribution >= 4 is 22.5 Å². The summed E-state index contributed by atoms with van der Waals surface area (Å²) >= 11 is 6.21. The highest BCUT2D eigenvalue weighted by Gasteiger charge is 2.16. The first-order chi connectivity index (χ1) is 11.2. The van der Waals surface area contributed by atoms with Gasteiger partial charge in [0.05, 0.1) is 0 Å². The van der Waals surface area contributed by atoms with Crippen LogP contribution in [0.5, 0.6) is 0 Å². The molecule has 0 saturated carbocycles. The smallest absolute Gasteiger partial charge is 0.0484 e. The molecular weight excluding hydrogens is 306 g/mol. The van der Waals surface area contributed by atoms with Crippen molar-refractivity contribution in [2.75, 3.05) is 33.2 Å². The van der Waals surface area contributed by atoms with Crippen LogP contribution in [0.1, 0.15) is 25.3 Å². The van der Waals surface area contributed by atoms with Gasteiger partial charge in [0.25, 0.3) is 0 Å². The van der Waals surface area contributed by atoms with Crippen LogP contribution in [-0.4, -0.2) is 42.7 Å². The molecule has 3 rings (SSSR count). The fourth-order valence-electron chi connectivity index (χ4n) is 3.52. The first-order valence-corrected chi connectivity index (χ1v) is 9.19. The summed E-state index contributed by atoms with van der Waals surface area (Å²) in [6, 6.07) is 6.28. The van der Waals surface area contributed by atoms with Crippen LogP contribution < -0.4 is 5.32 Å². The lowest BCUT2D eigenvalue weighted by atomic mass is 9.99. The van der Waals surface area contributed by atoms with Crippen LogP contribution in [0.4, 0.5) is 0 Å². The lowest BCUT2D eigenvalue weighted by Gasteiger charge is -2.30. The molecule has 1 aromatic heterocycles. The number of likely N-dealkylation sites (tertiary alicyclic amines) is 1. The number of likely N-dealkylation sites (N-methyl/N-ethyl adjacent to an activating group) is 1. The summed E-state index contributed by atoms with van der Waals surface area (Å²) in [7, 11) is 2.00. The number of fused-ring (bicyclic) bond motifs is 1. The lowest BCUT2D eigenvalue weighted by molar-refractivity contribution is 0.187. The van der Waals surface area contributed by atoms with E-state index < -0.39 is 0 Å². The zero-order valence-corrected chi connectivity index (χ0v) is 15.1. The minimum atomic E-state index is 0.825. The topological polar surface area (TPSA) is 20.2 Å². The molecule has 2 aromatic rings. The van der Waals surface area contributed by atoms with Gasteiger partial charge in [-0.1, -0.05) is 18.5 Å². The number of rotatable bonds is 6. The second kappa shape index (κ2) is 7.69. The average Bonchev–Trinajstić information content (AvgIpc) is 2.89. The second-order valence-corrected chi connectivity index (χ2v) is 7.32. The van der Waals surface area contributed by atoms with Crippen LogP contribution in [-0.2, 0) is 13.0 Å². The molecule has 3 nitrogen and oxygen atoms in total. The first-order valence-electron chi connectivity index (χ1n) is 8.81. The largest absolute Gasteiger partial charge is 0.346 e. The van der Waals surface area contributed by atoms with Crippen LogP contribution in [0.3, 0.4) is 0 Å². The van der Waals surface area contributed by atoms with Crippen molar-refractivity contribution in [1.82, 2.24) is 14.8 Å². The summed E-state index contributed by atoms with van der Waals surface area (Å²) in [6.07, 6.45) is 6.05. The van der Waals surface area contributed by atoms with E-state index in [1.54, 1.807) is 0 Å². The Morgan fingerprint density at radius 3 is 2.74 bits per heavy atom. The maximum atomic E-state index is 6.21. The predicted octanol–water partition coefficient (Wildman–Crippen LogP) is 3.79. The van der Waals surface area contributed by atoms with E-state index in [0.29, 0.717) is 0 Å². The van der Waals surface area contributed by atoms with Crippen LogP contribution >= 0.6 is 11.6 Å². The molecule has 1 aromatic carbocycles. The second-order valence-electron chi connectivity index (χ2n) is 6.89. The zero-order chi connectivity index (χ0) is 16.2. The van der Waals surface area contributed by atoms with Crippen molar-refractivity contribution in [2.24, 2.45) is 5.92 Å². The molecule has 23 heavy (non-hydrogen) atoms. The van der Waals surface area contributed by atoms with E-state index in [2.05, 4.69) is 40.0 Å². The van der Waals surface area contributed by atoms with Gasteiger partial charge in [0.1, 0.15) is 0 Å². The fourth-order valence-corrected chi connectivity index (χ4v) is 3.69. The third-order valence-electron chi connectivity index (χ3n) is 5.10. The molecule has 1 fully saturated rings.